The van der Waals surface area contributed by atoms with E-state index >= 15 is 0 Å². The zero-order valence-electron chi connectivity index (χ0n) is 53.1. The van der Waals surface area contributed by atoms with Crippen LogP contribution < -0.4 is 11.6 Å². The molecule has 12 atom stereocenters. The zero-order valence-corrected chi connectivity index (χ0v) is 53.1. The highest BCUT2D eigenvalue weighted by Crippen LogP contribution is 2.27. The van der Waals surface area contributed by atoms with Crippen LogP contribution in [0.2, 0.25) is 0 Å². The number of nitrogens with zero attached hydrogens (tertiary/aromatic N) is 12. The van der Waals surface area contributed by atoms with Crippen molar-refractivity contribution in [3.8, 4) is 0 Å². The second kappa shape index (κ2) is 41.6. The zero-order chi connectivity index (χ0) is 63.7. The molecule has 1 aliphatic carbocycles. The summed E-state index contributed by atoms with van der Waals surface area (Å²) in [6, 6.07) is 0.0993. The Balaban J connectivity index is 0.898. The Morgan fingerprint density at radius 3 is 1.76 bits per heavy atom. The molecule has 12 unspecified atom stereocenters. The summed E-state index contributed by atoms with van der Waals surface area (Å²) in [6.45, 7) is 12.9. The maximum Gasteiger partial charge on any atom is 0.160 e. The predicted molar refractivity (Wildman–Crippen MR) is 323 cm³/mol. The quantitative estimate of drug-likeness (QED) is 0.0206. The van der Waals surface area contributed by atoms with Gasteiger partial charge in [-0.25, -0.2) is 19.9 Å². The van der Waals surface area contributed by atoms with E-state index in [2.05, 4.69) is 54.6 Å². The number of hydrogen-bond donors (Lipinski definition) is 8. The van der Waals surface area contributed by atoms with E-state index in [0.717, 1.165) is 68.4 Å². The van der Waals surface area contributed by atoms with Gasteiger partial charge in [0, 0.05) is 82.0 Å². The van der Waals surface area contributed by atoms with Gasteiger partial charge in [0.15, 0.2) is 18.9 Å². The van der Waals surface area contributed by atoms with Gasteiger partial charge in [0.2, 0.25) is 0 Å². The summed E-state index contributed by atoms with van der Waals surface area (Å²) in [5.41, 5.74) is 9.63. The summed E-state index contributed by atoms with van der Waals surface area (Å²) >= 11 is 0. The number of hydrazine groups is 1. The van der Waals surface area contributed by atoms with Crippen molar-refractivity contribution >= 4 is 0 Å². The lowest BCUT2D eigenvalue weighted by atomic mass is 9.86. The van der Waals surface area contributed by atoms with Gasteiger partial charge in [-0.2, -0.15) is 0 Å². The second-order valence-electron chi connectivity index (χ2n) is 24.1. The Hall–Kier alpha value is -4.04. The number of aliphatic hydroxyl groups excluding tert-OH is 6. The maximum absolute atomic E-state index is 10.2. The van der Waals surface area contributed by atoms with Gasteiger partial charge >= 0.3 is 0 Å². The Bertz CT molecular complexity index is 2370. The van der Waals surface area contributed by atoms with Crippen molar-refractivity contribution in [2.24, 2.45) is 17.5 Å². The van der Waals surface area contributed by atoms with Gasteiger partial charge in [0.05, 0.1) is 179 Å². The maximum atomic E-state index is 10.2. The third kappa shape index (κ3) is 28.3. The molecule has 3 aromatic rings. The molecule has 0 bridgehead atoms. The van der Waals surface area contributed by atoms with Gasteiger partial charge in [0.1, 0.15) is 6.10 Å². The van der Waals surface area contributed by atoms with Gasteiger partial charge < -0.3 is 93.5 Å². The summed E-state index contributed by atoms with van der Waals surface area (Å²) in [5, 5.41) is 87.0. The van der Waals surface area contributed by atoms with Gasteiger partial charge in [0.25, 0.3) is 0 Å². The van der Waals surface area contributed by atoms with Crippen LogP contribution in [0.1, 0.15) is 114 Å². The fraction of sp³-hybridized carbons (Fsp3) is 0.864. The summed E-state index contributed by atoms with van der Waals surface area (Å²) in [5.74, 6) is 6.84. The van der Waals surface area contributed by atoms with Gasteiger partial charge in [-0.1, -0.05) is 29.0 Å². The molecule has 514 valence electrons. The van der Waals surface area contributed by atoms with Crippen LogP contribution in [0.5, 0.6) is 0 Å². The fourth-order valence-electron chi connectivity index (χ4n) is 11.4. The Morgan fingerprint density at radius 2 is 1.16 bits per heavy atom. The normalized spacial score (nSPS) is 25.6. The van der Waals surface area contributed by atoms with E-state index < -0.39 is 37.0 Å². The van der Waals surface area contributed by atoms with Crippen molar-refractivity contribution < 1.29 is 82.7 Å². The third-order valence-electron chi connectivity index (χ3n) is 16.2. The molecule has 31 heteroatoms. The van der Waals surface area contributed by atoms with E-state index in [1.54, 1.807) is 20.2 Å². The molecule has 1 saturated carbocycles. The molecule has 10 N–H and O–H groups in total. The van der Waals surface area contributed by atoms with E-state index in [1.807, 2.05) is 18.6 Å². The molecule has 6 heterocycles. The molecular weight excluding hydrogens is 1180 g/mol. The van der Waals surface area contributed by atoms with Crippen molar-refractivity contribution in [1.29, 1.82) is 0 Å². The molecule has 0 aromatic carbocycles. The lowest BCUT2D eigenvalue weighted by Crippen LogP contribution is -2.42. The Morgan fingerprint density at radius 1 is 0.600 bits per heavy atom. The monoisotopic (exact) mass is 1280 g/mol. The lowest BCUT2D eigenvalue weighted by Gasteiger charge is -2.32. The van der Waals surface area contributed by atoms with Gasteiger partial charge in [-0.05, 0) is 77.2 Å². The minimum absolute atomic E-state index is 0.0164. The third-order valence-corrected chi connectivity index (χ3v) is 16.2. The van der Waals surface area contributed by atoms with E-state index in [-0.39, 0.29) is 57.1 Å². The number of rotatable bonds is 46. The smallest absolute Gasteiger partial charge is 0.160 e. The highest BCUT2D eigenvalue weighted by molar-refractivity contribution is 5.01. The second-order valence-corrected chi connectivity index (χ2v) is 24.1. The largest absolute Gasteiger partial charge is 0.400 e. The molecule has 0 spiro atoms. The summed E-state index contributed by atoms with van der Waals surface area (Å²) in [7, 11) is 0. The van der Waals surface area contributed by atoms with Crippen LogP contribution in [-0.4, -0.2) is 277 Å². The number of aromatic nitrogens is 9. The Labute approximate surface area is 529 Å². The molecule has 3 aliphatic heterocycles. The molecule has 3 aromatic heterocycles. The van der Waals surface area contributed by atoms with E-state index in [9.17, 15) is 30.6 Å². The molecule has 31 nitrogen and oxygen atoms in total. The van der Waals surface area contributed by atoms with Crippen LogP contribution in [0.15, 0.2) is 30.5 Å². The highest BCUT2D eigenvalue weighted by Gasteiger charge is 2.31. The van der Waals surface area contributed by atoms with Crippen molar-refractivity contribution in [3.63, 3.8) is 0 Å². The van der Waals surface area contributed by atoms with Crippen molar-refractivity contribution in [2.45, 2.75) is 204 Å². The van der Waals surface area contributed by atoms with Crippen LogP contribution in [0.25, 0.3) is 0 Å². The molecule has 3 saturated heterocycles. The first-order valence-electron chi connectivity index (χ1n) is 32.5. The first-order chi connectivity index (χ1) is 43.8. The molecule has 7 rings (SSSR count). The molecule has 4 aliphatic rings. The number of unbranched alkanes of at least 4 members (excludes halogenated alkanes) is 1. The SMILES string of the molecule is CC1CC(O)CC(OCCOCCn2cc(CN(Cc3cn(CCOCCOC4CCC(O)C(CO)O4)nn3)C(C)CCCCN(C/C(N)=C/N(N)CCOCCOC3CCCC(CO)O3)Cc3cn(CCOCCOC4CC(O)CC(CO)O4)nn3)nn2)C1. The van der Waals surface area contributed by atoms with Crippen molar-refractivity contribution in [1.82, 2.24) is 59.8 Å². The average Bonchev–Trinajstić information content (AvgIpc) is 3.41. The fourth-order valence-corrected chi connectivity index (χ4v) is 11.4. The standard InChI is InChI=1S/C59H106N14O17/c1-44-28-50(77)30-53(29-44)84-24-20-81-17-14-72-39-48(63-66-72)36-69(37-49-40-73(67-64-49)15-19-82-22-26-86-58-10-9-55(79)56(43-76)90-58)45(2)6-3-4-11-68(33-46(60)34-70(61)12-16-80-21-25-85-57-8-5-7-52(41-74)88-57)35-47-38-71(65-62-47)13-18-83-23-27-87-59-32-51(78)31-54(42-75)89-59/h34,38-40,44-45,50-59,74-79H,3-33,35-37,41-43,60-61H2,1-2H3/b46-34-. The minimum atomic E-state index is -0.700. The van der Waals surface area contributed by atoms with Crippen molar-refractivity contribution in [2.75, 3.05) is 119 Å². The topological polar surface area (TPSA) is 377 Å². The van der Waals surface area contributed by atoms with Crippen LogP contribution in [0.3, 0.4) is 0 Å². The highest BCUT2D eigenvalue weighted by atomic mass is 16.7. The molecule has 90 heavy (non-hydrogen) atoms. The average molecular weight is 1280 g/mol. The van der Waals surface area contributed by atoms with Crippen molar-refractivity contribution in [3.05, 3.63) is 47.6 Å². The minimum Gasteiger partial charge on any atom is -0.400 e. The molecule has 0 radical (unpaired) electrons. The van der Waals surface area contributed by atoms with E-state index in [4.69, 9.17) is 63.7 Å². The Kier molecular flexibility index (Phi) is 33.9. The summed E-state index contributed by atoms with van der Waals surface area (Å²) in [4.78, 5) is 4.57. The predicted octanol–water partition coefficient (Wildman–Crippen LogP) is -0.214. The summed E-state index contributed by atoms with van der Waals surface area (Å²) < 4.78 is 69.1. The van der Waals surface area contributed by atoms with E-state index in [1.165, 1.54) is 5.01 Å². The number of hydrogen-bond acceptors (Lipinski definition) is 28. The number of nitrogens with two attached hydrogens (primary N) is 2. The van der Waals surface area contributed by atoms with Crippen LogP contribution >= 0.6 is 0 Å². The molecular formula is C59H106N14O17. The van der Waals surface area contributed by atoms with Crippen LogP contribution in [-0.2, 0) is 91.4 Å². The summed E-state index contributed by atoms with van der Waals surface area (Å²) in [6.07, 6.45) is 12.6. The van der Waals surface area contributed by atoms with Gasteiger partial charge in [-0.15, -0.1) is 15.3 Å². The molecule has 0 amide bonds. The number of ether oxygens (including phenoxy) is 11. The van der Waals surface area contributed by atoms with Crippen LogP contribution in [0.4, 0.5) is 0 Å². The first-order valence-corrected chi connectivity index (χ1v) is 32.5. The van der Waals surface area contributed by atoms with E-state index in [0.29, 0.717) is 175 Å². The van der Waals surface area contributed by atoms with Gasteiger partial charge in [-0.3, -0.25) is 9.80 Å². The van der Waals surface area contributed by atoms with Crippen LogP contribution in [0, 0.1) is 5.92 Å². The number of aliphatic hydroxyl groups is 6. The molecule has 4 fully saturated rings. The lowest BCUT2D eigenvalue weighted by molar-refractivity contribution is -0.232. The first kappa shape index (κ1) is 73.4.